The van der Waals surface area contributed by atoms with E-state index in [2.05, 4.69) is 12.2 Å². The molecule has 4 amide bonds. The molecule has 198 valence electrons. The summed E-state index contributed by atoms with van der Waals surface area (Å²) in [5, 5.41) is 2.23. The lowest BCUT2D eigenvalue weighted by Crippen LogP contribution is -2.54. The number of amides is 4. The fourth-order valence-electron chi connectivity index (χ4n) is 3.79. The largest absolute Gasteiger partial charge is 0.493 e. The standard InChI is InChI=1S/C28H34N2O7/c1-5-7-8-9-15-37-22-12-10-19(17-24(22)34-3)16-21-26(31)29-28(33)30(27(21)32)20-11-13-23(36-14-6-2)25(18-20)35-4/h10-13,16-18H,5-9,14-15H2,1-4H3,(H,29,31,33)/b21-16-. The summed E-state index contributed by atoms with van der Waals surface area (Å²) in [6.45, 7) is 5.19. The van der Waals surface area contributed by atoms with Crippen LogP contribution in [-0.2, 0) is 9.59 Å². The molecule has 0 saturated carbocycles. The predicted octanol–water partition coefficient (Wildman–Crippen LogP) is 5.12. The van der Waals surface area contributed by atoms with Crippen LogP contribution in [0.2, 0.25) is 0 Å². The number of urea groups is 1. The van der Waals surface area contributed by atoms with Gasteiger partial charge in [0.25, 0.3) is 11.8 Å². The molecular weight excluding hydrogens is 476 g/mol. The first-order valence-corrected chi connectivity index (χ1v) is 12.5. The number of anilines is 1. The van der Waals surface area contributed by atoms with E-state index in [1.807, 2.05) is 6.92 Å². The second-order valence-corrected chi connectivity index (χ2v) is 8.46. The van der Waals surface area contributed by atoms with Crippen molar-refractivity contribution in [3.8, 4) is 23.0 Å². The van der Waals surface area contributed by atoms with Gasteiger partial charge in [-0.1, -0.05) is 39.2 Å². The molecule has 1 saturated heterocycles. The zero-order chi connectivity index (χ0) is 26.8. The van der Waals surface area contributed by atoms with Gasteiger partial charge in [-0.05, 0) is 48.7 Å². The van der Waals surface area contributed by atoms with Crippen molar-refractivity contribution in [1.29, 1.82) is 0 Å². The molecule has 2 aromatic rings. The number of nitrogens with one attached hydrogen (secondary N) is 1. The Morgan fingerprint density at radius 2 is 1.46 bits per heavy atom. The third kappa shape index (κ3) is 6.81. The van der Waals surface area contributed by atoms with E-state index in [9.17, 15) is 14.4 Å². The smallest absolute Gasteiger partial charge is 0.335 e. The Morgan fingerprint density at radius 3 is 2.14 bits per heavy atom. The van der Waals surface area contributed by atoms with E-state index < -0.39 is 17.8 Å². The Kier molecular flexibility index (Phi) is 9.94. The van der Waals surface area contributed by atoms with Gasteiger partial charge in [0.1, 0.15) is 5.57 Å². The number of methoxy groups -OCH3 is 2. The van der Waals surface area contributed by atoms with Crippen molar-refractivity contribution < 1.29 is 33.3 Å². The van der Waals surface area contributed by atoms with Gasteiger partial charge in [-0.3, -0.25) is 14.9 Å². The zero-order valence-corrected chi connectivity index (χ0v) is 21.8. The molecule has 0 atom stereocenters. The average Bonchev–Trinajstić information content (AvgIpc) is 2.90. The SMILES string of the molecule is CCCCCCOc1ccc(/C=C2/C(=O)NC(=O)N(c3ccc(OCCC)c(OC)c3)C2=O)cc1OC. The summed E-state index contributed by atoms with van der Waals surface area (Å²) in [4.78, 5) is 39.4. The number of unbranched alkanes of at least 4 members (excludes halogenated alkanes) is 3. The van der Waals surface area contributed by atoms with Gasteiger partial charge in [0.2, 0.25) is 0 Å². The molecule has 2 aromatic carbocycles. The third-order valence-corrected chi connectivity index (χ3v) is 5.72. The van der Waals surface area contributed by atoms with Crippen LogP contribution in [0.25, 0.3) is 6.08 Å². The molecule has 0 aliphatic carbocycles. The van der Waals surface area contributed by atoms with Crippen molar-refractivity contribution >= 4 is 29.6 Å². The van der Waals surface area contributed by atoms with Gasteiger partial charge in [0, 0.05) is 6.07 Å². The molecule has 9 nitrogen and oxygen atoms in total. The lowest BCUT2D eigenvalue weighted by molar-refractivity contribution is -0.122. The zero-order valence-electron chi connectivity index (χ0n) is 21.8. The van der Waals surface area contributed by atoms with Crippen molar-refractivity contribution in [2.24, 2.45) is 0 Å². The Bertz CT molecular complexity index is 1160. The highest BCUT2D eigenvalue weighted by atomic mass is 16.5. The molecule has 0 bridgehead atoms. The maximum atomic E-state index is 13.3. The number of carbonyl (C=O) groups is 3. The van der Waals surface area contributed by atoms with Gasteiger partial charge in [0.15, 0.2) is 23.0 Å². The maximum Gasteiger partial charge on any atom is 0.335 e. The summed E-state index contributed by atoms with van der Waals surface area (Å²) >= 11 is 0. The first kappa shape index (κ1) is 27.6. The molecule has 0 aromatic heterocycles. The van der Waals surface area contributed by atoms with Gasteiger partial charge >= 0.3 is 6.03 Å². The Morgan fingerprint density at radius 1 is 0.784 bits per heavy atom. The van der Waals surface area contributed by atoms with E-state index in [1.165, 1.54) is 26.4 Å². The summed E-state index contributed by atoms with van der Waals surface area (Å²) in [6.07, 6.45) is 6.57. The minimum absolute atomic E-state index is 0.194. The second-order valence-electron chi connectivity index (χ2n) is 8.46. The van der Waals surface area contributed by atoms with Crippen LogP contribution in [-0.4, -0.2) is 45.3 Å². The minimum atomic E-state index is -0.846. The summed E-state index contributed by atoms with van der Waals surface area (Å²) in [5.41, 5.74) is 0.593. The summed E-state index contributed by atoms with van der Waals surface area (Å²) < 4.78 is 22.3. The van der Waals surface area contributed by atoms with E-state index in [0.29, 0.717) is 41.8 Å². The van der Waals surface area contributed by atoms with Crippen molar-refractivity contribution in [3.63, 3.8) is 0 Å². The molecule has 0 radical (unpaired) electrons. The molecule has 37 heavy (non-hydrogen) atoms. The number of barbiturate groups is 1. The van der Waals surface area contributed by atoms with Crippen LogP contribution in [0.4, 0.5) is 10.5 Å². The topological polar surface area (TPSA) is 103 Å². The van der Waals surface area contributed by atoms with E-state index in [-0.39, 0.29) is 11.3 Å². The monoisotopic (exact) mass is 510 g/mol. The fourth-order valence-corrected chi connectivity index (χ4v) is 3.79. The fraction of sp³-hybridized carbons (Fsp3) is 0.393. The van der Waals surface area contributed by atoms with E-state index >= 15 is 0 Å². The molecule has 1 N–H and O–H groups in total. The Labute approximate surface area is 217 Å². The number of benzene rings is 2. The van der Waals surface area contributed by atoms with Crippen LogP contribution in [0.15, 0.2) is 42.0 Å². The Balaban J connectivity index is 1.85. The van der Waals surface area contributed by atoms with Crippen LogP contribution in [0.3, 0.4) is 0 Å². The van der Waals surface area contributed by atoms with Crippen molar-refractivity contribution in [2.45, 2.75) is 46.0 Å². The molecule has 1 aliphatic rings. The van der Waals surface area contributed by atoms with E-state index in [1.54, 1.807) is 30.3 Å². The van der Waals surface area contributed by atoms with E-state index in [4.69, 9.17) is 18.9 Å². The lowest BCUT2D eigenvalue weighted by atomic mass is 10.1. The van der Waals surface area contributed by atoms with Gasteiger partial charge in [0.05, 0.1) is 33.1 Å². The molecule has 1 heterocycles. The van der Waals surface area contributed by atoms with Crippen molar-refractivity contribution in [1.82, 2.24) is 5.32 Å². The van der Waals surface area contributed by atoms with Gasteiger partial charge in [-0.25, -0.2) is 9.69 Å². The lowest BCUT2D eigenvalue weighted by Gasteiger charge is -2.27. The molecular formula is C28H34N2O7. The minimum Gasteiger partial charge on any atom is -0.493 e. The van der Waals surface area contributed by atoms with Crippen LogP contribution in [0.1, 0.15) is 51.5 Å². The molecule has 1 aliphatic heterocycles. The first-order valence-electron chi connectivity index (χ1n) is 12.5. The van der Waals surface area contributed by atoms with Crippen molar-refractivity contribution in [2.75, 3.05) is 32.3 Å². The molecule has 0 spiro atoms. The van der Waals surface area contributed by atoms with Crippen LogP contribution < -0.4 is 29.2 Å². The van der Waals surface area contributed by atoms with Crippen molar-refractivity contribution in [3.05, 3.63) is 47.5 Å². The number of ether oxygens (including phenoxy) is 4. The summed E-state index contributed by atoms with van der Waals surface area (Å²) in [6, 6.07) is 9.00. The highest BCUT2D eigenvalue weighted by Crippen LogP contribution is 2.34. The quantitative estimate of drug-likeness (QED) is 0.227. The van der Waals surface area contributed by atoms with Gasteiger partial charge in [-0.2, -0.15) is 0 Å². The first-order chi connectivity index (χ1) is 17.9. The molecule has 1 fully saturated rings. The van der Waals surface area contributed by atoms with Gasteiger partial charge in [-0.15, -0.1) is 0 Å². The second kappa shape index (κ2) is 13.3. The highest BCUT2D eigenvalue weighted by molar-refractivity contribution is 6.39. The summed E-state index contributed by atoms with van der Waals surface area (Å²) in [5.74, 6) is 0.377. The Hall–Kier alpha value is -4.01. The summed E-state index contributed by atoms with van der Waals surface area (Å²) in [7, 11) is 2.99. The number of hydrogen-bond acceptors (Lipinski definition) is 7. The maximum absolute atomic E-state index is 13.3. The number of nitrogens with zero attached hydrogens (tertiary/aromatic N) is 1. The van der Waals surface area contributed by atoms with E-state index in [0.717, 1.165) is 37.0 Å². The third-order valence-electron chi connectivity index (χ3n) is 5.72. The number of rotatable bonds is 13. The van der Waals surface area contributed by atoms with Crippen LogP contribution >= 0.6 is 0 Å². The molecule has 3 rings (SSSR count). The predicted molar refractivity (Wildman–Crippen MR) is 140 cm³/mol. The molecule has 0 unspecified atom stereocenters. The average molecular weight is 511 g/mol. The van der Waals surface area contributed by atoms with Gasteiger partial charge < -0.3 is 18.9 Å². The van der Waals surface area contributed by atoms with Crippen LogP contribution in [0.5, 0.6) is 23.0 Å². The number of imide groups is 2. The van der Waals surface area contributed by atoms with Crippen LogP contribution in [0, 0.1) is 0 Å². The normalized spacial score (nSPS) is 14.5. The number of hydrogen-bond donors (Lipinski definition) is 1. The highest BCUT2D eigenvalue weighted by Gasteiger charge is 2.37. The number of carbonyl (C=O) groups excluding carboxylic acids is 3. The molecule has 9 heteroatoms.